The average Bonchev–Trinajstić information content (AvgIpc) is 2.42. The largest absolute Gasteiger partial charge is 0.493 e. The summed E-state index contributed by atoms with van der Waals surface area (Å²) in [5.41, 5.74) is 1.19. The SMILES string of the molecule is CCOc1cc(CCCNC(=O)C2CNC2)ccc1OC.Cl. The summed E-state index contributed by atoms with van der Waals surface area (Å²) >= 11 is 0. The zero-order valence-electron chi connectivity index (χ0n) is 13.2. The lowest BCUT2D eigenvalue weighted by atomic mass is 10.0. The van der Waals surface area contributed by atoms with Crippen LogP contribution in [0.15, 0.2) is 18.2 Å². The summed E-state index contributed by atoms with van der Waals surface area (Å²) in [5.74, 6) is 1.86. The second-order valence-electron chi connectivity index (χ2n) is 5.17. The predicted molar refractivity (Wildman–Crippen MR) is 89.1 cm³/mol. The fraction of sp³-hybridized carbons (Fsp3) is 0.562. The summed E-state index contributed by atoms with van der Waals surface area (Å²) in [4.78, 5) is 11.7. The number of halogens is 1. The van der Waals surface area contributed by atoms with Gasteiger partial charge in [0.15, 0.2) is 11.5 Å². The first-order valence-electron chi connectivity index (χ1n) is 7.52. The van der Waals surface area contributed by atoms with Gasteiger partial charge in [-0.3, -0.25) is 4.79 Å². The molecule has 0 atom stereocenters. The third-order valence-corrected chi connectivity index (χ3v) is 3.62. The van der Waals surface area contributed by atoms with Gasteiger partial charge in [-0.15, -0.1) is 12.4 Å². The summed E-state index contributed by atoms with van der Waals surface area (Å²) in [6, 6.07) is 5.98. The third kappa shape index (κ3) is 5.07. The van der Waals surface area contributed by atoms with Crippen LogP contribution in [0, 0.1) is 5.92 Å². The van der Waals surface area contributed by atoms with Gasteiger partial charge in [0, 0.05) is 19.6 Å². The molecule has 1 aliphatic heterocycles. The lowest BCUT2D eigenvalue weighted by Gasteiger charge is -2.25. The number of carbonyl (C=O) groups is 1. The van der Waals surface area contributed by atoms with E-state index in [-0.39, 0.29) is 24.2 Å². The molecule has 1 aromatic rings. The van der Waals surface area contributed by atoms with Crippen molar-refractivity contribution in [1.29, 1.82) is 0 Å². The van der Waals surface area contributed by atoms with Crippen molar-refractivity contribution in [3.8, 4) is 11.5 Å². The van der Waals surface area contributed by atoms with Crippen LogP contribution < -0.4 is 20.1 Å². The van der Waals surface area contributed by atoms with Crippen LogP contribution in [0.1, 0.15) is 18.9 Å². The van der Waals surface area contributed by atoms with E-state index in [0.29, 0.717) is 13.2 Å². The first kappa shape index (κ1) is 18.6. The van der Waals surface area contributed by atoms with E-state index in [2.05, 4.69) is 10.6 Å². The minimum atomic E-state index is 0. The van der Waals surface area contributed by atoms with Gasteiger partial charge >= 0.3 is 0 Å². The minimum absolute atomic E-state index is 0. The standard InChI is InChI=1S/C16H24N2O3.ClH/c1-3-21-15-9-12(6-7-14(15)20-2)5-4-8-18-16(19)13-10-17-11-13;/h6-7,9,13,17H,3-5,8,10-11H2,1-2H3,(H,18,19);1H. The number of benzene rings is 1. The van der Waals surface area contributed by atoms with Gasteiger partial charge in [-0.1, -0.05) is 6.07 Å². The lowest BCUT2D eigenvalue weighted by Crippen LogP contribution is -2.50. The van der Waals surface area contributed by atoms with Crippen LogP contribution in [0.25, 0.3) is 0 Å². The molecule has 1 saturated heterocycles. The summed E-state index contributed by atoms with van der Waals surface area (Å²) in [5, 5.41) is 6.08. The fourth-order valence-electron chi connectivity index (χ4n) is 2.27. The maximum Gasteiger partial charge on any atom is 0.225 e. The zero-order chi connectivity index (χ0) is 15.1. The second kappa shape index (κ2) is 9.54. The van der Waals surface area contributed by atoms with Gasteiger partial charge in [-0.2, -0.15) is 0 Å². The molecule has 0 saturated carbocycles. The molecule has 0 bridgehead atoms. The number of hydrogen-bond donors (Lipinski definition) is 2. The Kier molecular flexibility index (Phi) is 8.06. The molecule has 0 aliphatic carbocycles. The second-order valence-corrected chi connectivity index (χ2v) is 5.17. The van der Waals surface area contributed by atoms with Crippen LogP contribution in [0.3, 0.4) is 0 Å². The van der Waals surface area contributed by atoms with Crippen LogP contribution in [0.5, 0.6) is 11.5 Å². The molecule has 0 spiro atoms. The Morgan fingerprint density at radius 3 is 2.73 bits per heavy atom. The van der Waals surface area contributed by atoms with Crippen LogP contribution in [0.2, 0.25) is 0 Å². The van der Waals surface area contributed by atoms with E-state index in [1.807, 2.05) is 25.1 Å². The molecule has 0 aromatic heterocycles. The number of carbonyl (C=O) groups excluding carboxylic acids is 1. The molecule has 5 nitrogen and oxygen atoms in total. The Morgan fingerprint density at radius 1 is 1.36 bits per heavy atom. The van der Waals surface area contributed by atoms with Gasteiger partial charge in [0.25, 0.3) is 0 Å². The van der Waals surface area contributed by atoms with Crippen molar-refractivity contribution in [3.63, 3.8) is 0 Å². The number of aryl methyl sites for hydroxylation is 1. The molecule has 0 radical (unpaired) electrons. The average molecular weight is 329 g/mol. The molecular formula is C16H25ClN2O3. The van der Waals surface area contributed by atoms with Gasteiger partial charge in [0.05, 0.1) is 19.6 Å². The minimum Gasteiger partial charge on any atom is -0.493 e. The van der Waals surface area contributed by atoms with Crippen molar-refractivity contribution in [1.82, 2.24) is 10.6 Å². The molecule has 1 heterocycles. The van der Waals surface area contributed by atoms with Crippen molar-refractivity contribution < 1.29 is 14.3 Å². The van der Waals surface area contributed by atoms with Gasteiger partial charge in [-0.25, -0.2) is 0 Å². The van der Waals surface area contributed by atoms with Crippen LogP contribution in [0.4, 0.5) is 0 Å². The quantitative estimate of drug-likeness (QED) is 0.714. The molecule has 22 heavy (non-hydrogen) atoms. The highest BCUT2D eigenvalue weighted by Crippen LogP contribution is 2.28. The number of ether oxygens (including phenoxy) is 2. The Labute approximate surface area is 138 Å². The number of rotatable bonds is 8. The highest BCUT2D eigenvalue weighted by molar-refractivity contribution is 5.85. The Hall–Kier alpha value is -1.46. The van der Waals surface area contributed by atoms with Crippen LogP contribution >= 0.6 is 12.4 Å². The smallest absolute Gasteiger partial charge is 0.225 e. The Morgan fingerprint density at radius 2 is 2.14 bits per heavy atom. The van der Waals surface area contributed by atoms with Crippen LogP contribution in [-0.2, 0) is 11.2 Å². The zero-order valence-corrected chi connectivity index (χ0v) is 14.0. The topological polar surface area (TPSA) is 59.6 Å². The first-order valence-corrected chi connectivity index (χ1v) is 7.52. The van der Waals surface area contributed by atoms with Crippen molar-refractivity contribution in [2.75, 3.05) is 33.4 Å². The van der Waals surface area contributed by atoms with E-state index >= 15 is 0 Å². The molecule has 1 aliphatic rings. The number of nitrogens with one attached hydrogen (secondary N) is 2. The van der Waals surface area contributed by atoms with Gasteiger partial charge in [0.1, 0.15) is 0 Å². The van der Waals surface area contributed by atoms with E-state index in [0.717, 1.165) is 37.4 Å². The molecule has 0 unspecified atom stereocenters. The molecule has 124 valence electrons. The molecule has 2 N–H and O–H groups in total. The molecular weight excluding hydrogens is 304 g/mol. The summed E-state index contributed by atoms with van der Waals surface area (Å²) in [6.07, 6.45) is 1.83. The maximum absolute atomic E-state index is 11.7. The van der Waals surface area contributed by atoms with Crippen molar-refractivity contribution >= 4 is 18.3 Å². The third-order valence-electron chi connectivity index (χ3n) is 3.62. The summed E-state index contributed by atoms with van der Waals surface area (Å²) < 4.78 is 10.8. The number of amides is 1. The molecule has 1 fully saturated rings. The monoisotopic (exact) mass is 328 g/mol. The number of methoxy groups -OCH3 is 1. The normalized spacial score (nSPS) is 13.7. The van der Waals surface area contributed by atoms with Gasteiger partial charge in [0.2, 0.25) is 5.91 Å². The highest BCUT2D eigenvalue weighted by Gasteiger charge is 2.23. The molecule has 1 aromatic carbocycles. The van der Waals surface area contributed by atoms with Crippen LogP contribution in [-0.4, -0.2) is 39.3 Å². The lowest BCUT2D eigenvalue weighted by molar-refractivity contribution is -0.126. The predicted octanol–water partition coefficient (Wildman–Crippen LogP) is 1.78. The van der Waals surface area contributed by atoms with E-state index in [4.69, 9.17) is 9.47 Å². The van der Waals surface area contributed by atoms with E-state index < -0.39 is 0 Å². The number of hydrogen-bond acceptors (Lipinski definition) is 4. The molecule has 2 rings (SSSR count). The summed E-state index contributed by atoms with van der Waals surface area (Å²) in [7, 11) is 1.64. The first-order chi connectivity index (χ1) is 10.2. The van der Waals surface area contributed by atoms with Crippen molar-refractivity contribution in [2.24, 2.45) is 5.92 Å². The Bertz CT molecular complexity index is 478. The molecule has 1 amide bonds. The van der Waals surface area contributed by atoms with E-state index in [1.54, 1.807) is 7.11 Å². The molecule has 6 heteroatoms. The van der Waals surface area contributed by atoms with E-state index in [9.17, 15) is 4.79 Å². The fourth-order valence-corrected chi connectivity index (χ4v) is 2.27. The maximum atomic E-state index is 11.7. The van der Waals surface area contributed by atoms with Gasteiger partial charge in [-0.05, 0) is 37.5 Å². The van der Waals surface area contributed by atoms with Crippen molar-refractivity contribution in [3.05, 3.63) is 23.8 Å². The summed E-state index contributed by atoms with van der Waals surface area (Å²) in [6.45, 7) is 4.90. The van der Waals surface area contributed by atoms with Gasteiger partial charge < -0.3 is 20.1 Å². The van der Waals surface area contributed by atoms with Crippen molar-refractivity contribution in [2.45, 2.75) is 19.8 Å². The highest BCUT2D eigenvalue weighted by atomic mass is 35.5. The Balaban J connectivity index is 0.00000242. The van der Waals surface area contributed by atoms with E-state index in [1.165, 1.54) is 5.56 Å².